The topological polar surface area (TPSA) is 67.5 Å². The number of amides is 1. The Bertz CT molecular complexity index is 888. The van der Waals surface area contributed by atoms with Crippen LogP contribution in [0.4, 0.5) is 0 Å². The number of pyridine rings is 1. The van der Waals surface area contributed by atoms with E-state index in [0.29, 0.717) is 22.1 Å². The second-order valence-electron chi connectivity index (χ2n) is 5.11. The van der Waals surface area contributed by atoms with Gasteiger partial charge in [0.25, 0.3) is 5.91 Å². The van der Waals surface area contributed by atoms with Crippen molar-refractivity contribution in [2.45, 2.75) is 6.92 Å². The summed E-state index contributed by atoms with van der Waals surface area (Å²) >= 11 is 6.13. The number of nitrogens with zero attached hydrogens (tertiary/aromatic N) is 2. The van der Waals surface area contributed by atoms with Gasteiger partial charge in [0.15, 0.2) is 0 Å². The Balaban J connectivity index is 1.67. The van der Waals surface area contributed by atoms with Gasteiger partial charge in [0.1, 0.15) is 11.5 Å². The number of carbonyl (C=O) groups excluding carboxylic acids is 1. The molecule has 1 aromatic carbocycles. The lowest BCUT2D eigenvalue weighted by atomic mass is 10.1. The van der Waals surface area contributed by atoms with Crippen LogP contribution in [-0.2, 0) is 0 Å². The molecule has 0 spiro atoms. The zero-order valence-corrected chi connectivity index (χ0v) is 13.6. The van der Waals surface area contributed by atoms with Crippen LogP contribution in [0.1, 0.15) is 21.7 Å². The molecule has 2 aromatic heterocycles. The van der Waals surface area contributed by atoms with E-state index in [1.807, 2.05) is 31.2 Å². The molecule has 2 heterocycles. The SMILES string of the molecule is Cc1ccc(-c2ccc(/C=N\NC(=O)c3cccnc3)o2)cc1Cl. The van der Waals surface area contributed by atoms with Crippen molar-refractivity contribution >= 4 is 23.7 Å². The van der Waals surface area contributed by atoms with Crippen molar-refractivity contribution in [3.05, 3.63) is 76.8 Å². The number of hydrazone groups is 1. The Morgan fingerprint density at radius 2 is 2.17 bits per heavy atom. The lowest BCUT2D eigenvalue weighted by Crippen LogP contribution is -2.17. The summed E-state index contributed by atoms with van der Waals surface area (Å²) in [6.07, 6.45) is 4.51. The summed E-state index contributed by atoms with van der Waals surface area (Å²) in [6, 6.07) is 12.6. The normalized spacial score (nSPS) is 10.9. The Morgan fingerprint density at radius 3 is 2.92 bits per heavy atom. The molecule has 0 saturated heterocycles. The van der Waals surface area contributed by atoms with Crippen LogP contribution in [-0.4, -0.2) is 17.1 Å². The predicted molar refractivity (Wildman–Crippen MR) is 93.2 cm³/mol. The summed E-state index contributed by atoms with van der Waals surface area (Å²) < 4.78 is 5.68. The van der Waals surface area contributed by atoms with Gasteiger partial charge in [-0.15, -0.1) is 0 Å². The predicted octanol–water partition coefficient (Wildman–Crippen LogP) is 4.07. The van der Waals surface area contributed by atoms with Crippen molar-refractivity contribution in [3.63, 3.8) is 0 Å². The molecular weight excluding hydrogens is 326 g/mol. The number of hydrogen-bond donors (Lipinski definition) is 1. The van der Waals surface area contributed by atoms with Crippen molar-refractivity contribution in [1.82, 2.24) is 10.4 Å². The largest absolute Gasteiger partial charge is 0.455 e. The lowest BCUT2D eigenvalue weighted by Gasteiger charge is -2.00. The first-order valence-corrected chi connectivity index (χ1v) is 7.61. The van der Waals surface area contributed by atoms with Crippen molar-refractivity contribution in [2.24, 2.45) is 5.10 Å². The van der Waals surface area contributed by atoms with Crippen molar-refractivity contribution in [3.8, 4) is 11.3 Å². The number of hydrogen-bond acceptors (Lipinski definition) is 4. The molecule has 0 fully saturated rings. The highest BCUT2D eigenvalue weighted by Crippen LogP contribution is 2.26. The van der Waals surface area contributed by atoms with E-state index in [0.717, 1.165) is 11.1 Å². The van der Waals surface area contributed by atoms with Crippen molar-refractivity contribution < 1.29 is 9.21 Å². The van der Waals surface area contributed by atoms with Gasteiger partial charge in [0.2, 0.25) is 0 Å². The van der Waals surface area contributed by atoms with Gasteiger partial charge in [-0.3, -0.25) is 9.78 Å². The van der Waals surface area contributed by atoms with Crippen LogP contribution in [0.2, 0.25) is 5.02 Å². The van der Waals surface area contributed by atoms with Crippen molar-refractivity contribution in [1.29, 1.82) is 0 Å². The van der Waals surface area contributed by atoms with Crippen molar-refractivity contribution in [2.75, 3.05) is 0 Å². The molecule has 3 aromatic rings. The molecular formula is C18H14ClN3O2. The summed E-state index contributed by atoms with van der Waals surface area (Å²) in [7, 11) is 0. The Hall–Kier alpha value is -2.92. The third-order valence-electron chi connectivity index (χ3n) is 3.36. The number of aromatic nitrogens is 1. The molecule has 0 bridgehead atoms. The zero-order valence-electron chi connectivity index (χ0n) is 12.9. The molecule has 6 heteroatoms. The van der Waals surface area contributed by atoms with Gasteiger partial charge in [0, 0.05) is 23.0 Å². The fourth-order valence-corrected chi connectivity index (χ4v) is 2.22. The second kappa shape index (κ2) is 7.10. The third-order valence-corrected chi connectivity index (χ3v) is 3.77. The smallest absolute Gasteiger partial charge is 0.272 e. The molecule has 3 rings (SSSR count). The van der Waals surface area contributed by atoms with Crippen LogP contribution >= 0.6 is 11.6 Å². The van der Waals surface area contributed by atoms with Crippen LogP contribution in [0.15, 0.2) is 64.4 Å². The van der Waals surface area contributed by atoms with Gasteiger partial charge in [-0.1, -0.05) is 23.7 Å². The minimum absolute atomic E-state index is 0.337. The number of nitrogens with one attached hydrogen (secondary N) is 1. The molecule has 1 amide bonds. The lowest BCUT2D eigenvalue weighted by molar-refractivity contribution is 0.0955. The first kappa shape index (κ1) is 16.0. The summed E-state index contributed by atoms with van der Waals surface area (Å²) in [4.78, 5) is 15.7. The number of halogens is 1. The quantitative estimate of drug-likeness (QED) is 0.575. The fraction of sp³-hybridized carbons (Fsp3) is 0.0556. The summed E-state index contributed by atoms with van der Waals surface area (Å²) in [5.74, 6) is 0.863. The average molecular weight is 340 g/mol. The number of carbonyl (C=O) groups is 1. The Kier molecular flexibility index (Phi) is 4.72. The van der Waals surface area contributed by atoms with E-state index >= 15 is 0 Å². The number of rotatable bonds is 4. The molecule has 0 aliphatic heterocycles. The van der Waals surface area contributed by atoms with Gasteiger partial charge in [-0.05, 0) is 42.8 Å². The van der Waals surface area contributed by atoms with Gasteiger partial charge < -0.3 is 4.42 Å². The average Bonchev–Trinajstić information content (AvgIpc) is 3.07. The van der Waals surface area contributed by atoms with Crippen LogP contribution in [0.5, 0.6) is 0 Å². The van der Waals surface area contributed by atoms with Crippen LogP contribution < -0.4 is 5.43 Å². The molecule has 0 aliphatic rings. The Morgan fingerprint density at radius 1 is 1.29 bits per heavy atom. The molecule has 5 nitrogen and oxygen atoms in total. The van der Waals surface area contributed by atoms with Crippen LogP contribution in [0, 0.1) is 6.92 Å². The maximum absolute atomic E-state index is 11.8. The molecule has 0 atom stereocenters. The summed E-state index contributed by atoms with van der Waals surface area (Å²) in [5.41, 5.74) is 4.74. The molecule has 1 N–H and O–H groups in total. The number of furan rings is 1. The highest BCUT2D eigenvalue weighted by molar-refractivity contribution is 6.31. The van der Waals surface area contributed by atoms with E-state index in [1.165, 1.54) is 12.4 Å². The summed E-state index contributed by atoms with van der Waals surface area (Å²) in [5, 5.41) is 4.57. The first-order chi connectivity index (χ1) is 11.6. The first-order valence-electron chi connectivity index (χ1n) is 7.23. The van der Waals surface area contributed by atoms with E-state index in [2.05, 4.69) is 15.5 Å². The molecule has 120 valence electrons. The van der Waals surface area contributed by atoms with E-state index < -0.39 is 0 Å². The van der Waals surface area contributed by atoms with Crippen LogP contribution in [0.25, 0.3) is 11.3 Å². The zero-order chi connectivity index (χ0) is 16.9. The minimum atomic E-state index is -0.337. The van der Waals surface area contributed by atoms with Gasteiger partial charge >= 0.3 is 0 Å². The highest BCUT2D eigenvalue weighted by atomic mass is 35.5. The molecule has 24 heavy (non-hydrogen) atoms. The van der Waals surface area contributed by atoms with E-state index in [4.69, 9.17) is 16.0 Å². The van der Waals surface area contributed by atoms with Crippen LogP contribution in [0.3, 0.4) is 0 Å². The molecule has 0 aliphatic carbocycles. The molecule has 0 unspecified atom stereocenters. The number of aryl methyl sites for hydroxylation is 1. The van der Waals surface area contributed by atoms with E-state index in [9.17, 15) is 4.79 Å². The molecule has 0 saturated carbocycles. The maximum atomic E-state index is 11.8. The third kappa shape index (κ3) is 3.70. The highest BCUT2D eigenvalue weighted by Gasteiger charge is 2.06. The molecule has 0 radical (unpaired) electrons. The van der Waals surface area contributed by atoms with Gasteiger partial charge in [-0.25, -0.2) is 5.43 Å². The van der Waals surface area contributed by atoms with Gasteiger partial charge in [-0.2, -0.15) is 5.10 Å². The Labute approximate surface area is 144 Å². The summed E-state index contributed by atoms with van der Waals surface area (Å²) in [6.45, 7) is 1.94. The minimum Gasteiger partial charge on any atom is -0.455 e. The monoisotopic (exact) mass is 339 g/mol. The maximum Gasteiger partial charge on any atom is 0.272 e. The fourth-order valence-electron chi connectivity index (χ4n) is 2.04. The van der Waals surface area contributed by atoms with E-state index in [-0.39, 0.29) is 5.91 Å². The van der Waals surface area contributed by atoms with E-state index in [1.54, 1.807) is 24.4 Å². The second-order valence-corrected chi connectivity index (χ2v) is 5.51. The van der Waals surface area contributed by atoms with Gasteiger partial charge in [0.05, 0.1) is 11.8 Å². The standard InChI is InChI=1S/C18H14ClN3O2/c1-12-4-5-13(9-16(12)19)17-7-6-15(24-17)11-21-22-18(23)14-3-2-8-20-10-14/h2-11H,1H3,(H,22,23)/b21-11-. The number of benzene rings is 1.